The van der Waals surface area contributed by atoms with Crippen molar-refractivity contribution in [3.63, 3.8) is 0 Å². The van der Waals surface area contributed by atoms with Crippen LogP contribution in [0.5, 0.6) is 0 Å². The maximum atomic E-state index is 11.5. The molecule has 0 bridgehead atoms. The number of likely N-dealkylation sites (N-methyl/N-ethyl adjacent to an activating group) is 1. The minimum Gasteiger partial charge on any atom is -0.463 e. The van der Waals surface area contributed by atoms with Gasteiger partial charge in [0.15, 0.2) is 0 Å². The topological polar surface area (TPSA) is 42.0 Å². The summed E-state index contributed by atoms with van der Waals surface area (Å²) in [5.41, 5.74) is 0. The molecule has 1 saturated heterocycles. The Balaban J connectivity index is 2.07. The average molecular weight is 244 g/mol. The maximum absolute atomic E-state index is 11.5. The predicted molar refractivity (Wildman–Crippen MR) is 66.0 cm³/mol. The molecule has 0 aromatic carbocycles. The number of rotatable bonds is 7. The van der Waals surface area contributed by atoms with Gasteiger partial charge in [-0.25, -0.2) is 0 Å². The van der Waals surface area contributed by atoms with Crippen molar-refractivity contribution in [2.75, 3.05) is 59.1 Å². The summed E-state index contributed by atoms with van der Waals surface area (Å²) in [7, 11) is 0. The van der Waals surface area contributed by atoms with Crippen LogP contribution in [-0.4, -0.2) is 74.9 Å². The number of morpholine rings is 1. The van der Waals surface area contributed by atoms with Crippen LogP contribution in [0.4, 0.5) is 0 Å². The number of carbonyl (C=O) groups excluding carboxylic acids is 1. The quantitative estimate of drug-likeness (QED) is 0.599. The van der Waals surface area contributed by atoms with Gasteiger partial charge in [0.05, 0.1) is 19.8 Å². The molecule has 1 aliphatic heterocycles. The van der Waals surface area contributed by atoms with Crippen molar-refractivity contribution in [1.29, 1.82) is 0 Å². The molecule has 0 amide bonds. The molecular formula is C12H24N2O3. The molecule has 0 aromatic rings. The highest BCUT2D eigenvalue weighted by Crippen LogP contribution is 1.97. The van der Waals surface area contributed by atoms with E-state index in [4.69, 9.17) is 9.47 Å². The van der Waals surface area contributed by atoms with Gasteiger partial charge in [-0.05, 0) is 13.1 Å². The molecule has 0 saturated carbocycles. The van der Waals surface area contributed by atoms with Gasteiger partial charge in [0.2, 0.25) is 0 Å². The van der Waals surface area contributed by atoms with Gasteiger partial charge in [-0.15, -0.1) is 0 Å². The molecule has 0 unspecified atom stereocenters. The van der Waals surface area contributed by atoms with Crippen LogP contribution in [0.1, 0.15) is 13.8 Å². The zero-order chi connectivity index (χ0) is 12.5. The largest absolute Gasteiger partial charge is 0.463 e. The molecular weight excluding hydrogens is 220 g/mol. The maximum Gasteiger partial charge on any atom is 0.320 e. The van der Waals surface area contributed by atoms with Gasteiger partial charge < -0.3 is 14.4 Å². The molecule has 0 spiro atoms. The lowest BCUT2D eigenvalue weighted by atomic mass is 10.4. The standard InChI is InChI=1S/C12H24N2O3/c1-3-13(4-2)7-10-17-12(15)11-14-5-8-16-9-6-14/h3-11H2,1-2H3. The van der Waals surface area contributed by atoms with Crippen molar-refractivity contribution in [1.82, 2.24) is 9.80 Å². The number of hydrogen-bond acceptors (Lipinski definition) is 5. The summed E-state index contributed by atoms with van der Waals surface area (Å²) in [5.74, 6) is -0.126. The lowest BCUT2D eigenvalue weighted by Crippen LogP contribution is -2.40. The van der Waals surface area contributed by atoms with Crippen molar-refractivity contribution in [2.24, 2.45) is 0 Å². The molecule has 1 rings (SSSR count). The third-order valence-electron chi connectivity index (χ3n) is 3.02. The van der Waals surface area contributed by atoms with E-state index in [2.05, 4.69) is 23.6 Å². The Morgan fingerprint density at radius 2 is 1.94 bits per heavy atom. The number of esters is 1. The first-order valence-electron chi connectivity index (χ1n) is 6.44. The van der Waals surface area contributed by atoms with Crippen LogP contribution in [0.15, 0.2) is 0 Å². The molecule has 0 aliphatic carbocycles. The molecule has 5 heteroatoms. The van der Waals surface area contributed by atoms with Gasteiger partial charge in [0.1, 0.15) is 6.61 Å². The van der Waals surface area contributed by atoms with Crippen LogP contribution >= 0.6 is 0 Å². The summed E-state index contributed by atoms with van der Waals surface area (Å²) in [5, 5.41) is 0. The van der Waals surface area contributed by atoms with E-state index in [9.17, 15) is 4.79 Å². The van der Waals surface area contributed by atoms with E-state index in [0.29, 0.717) is 26.4 Å². The Labute approximate surface area is 104 Å². The second-order valence-corrected chi connectivity index (χ2v) is 4.14. The van der Waals surface area contributed by atoms with Gasteiger partial charge in [0, 0.05) is 19.6 Å². The van der Waals surface area contributed by atoms with E-state index >= 15 is 0 Å². The smallest absolute Gasteiger partial charge is 0.320 e. The van der Waals surface area contributed by atoms with Gasteiger partial charge in [0.25, 0.3) is 0 Å². The number of ether oxygens (including phenoxy) is 2. The van der Waals surface area contributed by atoms with Gasteiger partial charge >= 0.3 is 5.97 Å². The summed E-state index contributed by atoms with van der Waals surface area (Å²) in [6.45, 7) is 11.0. The third kappa shape index (κ3) is 6.00. The zero-order valence-electron chi connectivity index (χ0n) is 11.0. The second kappa shape index (κ2) is 8.44. The molecule has 17 heavy (non-hydrogen) atoms. The van der Waals surface area contributed by atoms with Gasteiger partial charge in [-0.2, -0.15) is 0 Å². The van der Waals surface area contributed by atoms with Gasteiger partial charge in [-0.1, -0.05) is 13.8 Å². The molecule has 0 atom stereocenters. The van der Waals surface area contributed by atoms with Crippen LogP contribution in [0.3, 0.4) is 0 Å². The third-order valence-corrected chi connectivity index (χ3v) is 3.02. The van der Waals surface area contributed by atoms with Crippen molar-refractivity contribution in [2.45, 2.75) is 13.8 Å². The van der Waals surface area contributed by atoms with Crippen LogP contribution < -0.4 is 0 Å². The lowest BCUT2D eigenvalue weighted by Gasteiger charge is -2.25. The minimum atomic E-state index is -0.126. The highest BCUT2D eigenvalue weighted by molar-refractivity contribution is 5.71. The van der Waals surface area contributed by atoms with Crippen molar-refractivity contribution in [3.8, 4) is 0 Å². The molecule has 0 radical (unpaired) electrons. The van der Waals surface area contributed by atoms with E-state index < -0.39 is 0 Å². The number of hydrogen-bond donors (Lipinski definition) is 0. The fourth-order valence-corrected chi connectivity index (χ4v) is 1.82. The van der Waals surface area contributed by atoms with Crippen molar-refractivity contribution in [3.05, 3.63) is 0 Å². The van der Waals surface area contributed by atoms with Crippen LogP contribution in [0.25, 0.3) is 0 Å². The van der Waals surface area contributed by atoms with Crippen LogP contribution in [0, 0.1) is 0 Å². The second-order valence-electron chi connectivity index (χ2n) is 4.14. The average Bonchev–Trinajstić information content (AvgIpc) is 2.36. The summed E-state index contributed by atoms with van der Waals surface area (Å²) < 4.78 is 10.4. The van der Waals surface area contributed by atoms with Crippen LogP contribution in [-0.2, 0) is 14.3 Å². The Morgan fingerprint density at radius 3 is 2.53 bits per heavy atom. The molecule has 1 heterocycles. The fraction of sp³-hybridized carbons (Fsp3) is 0.917. The molecule has 1 fully saturated rings. The Hall–Kier alpha value is -0.650. The molecule has 100 valence electrons. The number of carbonyl (C=O) groups is 1. The first kappa shape index (κ1) is 14.4. The molecule has 0 aromatic heterocycles. The first-order chi connectivity index (χ1) is 8.26. The van der Waals surface area contributed by atoms with E-state index in [1.165, 1.54) is 0 Å². The Morgan fingerprint density at radius 1 is 1.29 bits per heavy atom. The predicted octanol–water partition coefficient (Wildman–Crippen LogP) is 0.204. The van der Waals surface area contributed by atoms with E-state index in [1.54, 1.807) is 0 Å². The fourth-order valence-electron chi connectivity index (χ4n) is 1.82. The van der Waals surface area contributed by atoms with Crippen LogP contribution in [0.2, 0.25) is 0 Å². The normalized spacial score (nSPS) is 17.4. The Bertz CT molecular complexity index is 214. The van der Waals surface area contributed by atoms with Crippen molar-refractivity contribution < 1.29 is 14.3 Å². The van der Waals surface area contributed by atoms with Crippen molar-refractivity contribution >= 4 is 5.97 Å². The summed E-state index contributed by atoms with van der Waals surface area (Å²) in [4.78, 5) is 15.9. The Kier molecular flexibility index (Phi) is 7.16. The summed E-state index contributed by atoms with van der Waals surface area (Å²) >= 11 is 0. The monoisotopic (exact) mass is 244 g/mol. The molecule has 0 N–H and O–H groups in total. The minimum absolute atomic E-state index is 0.126. The highest BCUT2D eigenvalue weighted by atomic mass is 16.5. The summed E-state index contributed by atoms with van der Waals surface area (Å²) in [6.07, 6.45) is 0. The van der Waals surface area contributed by atoms with E-state index in [0.717, 1.165) is 32.7 Å². The first-order valence-corrected chi connectivity index (χ1v) is 6.44. The zero-order valence-corrected chi connectivity index (χ0v) is 11.0. The van der Waals surface area contributed by atoms with Gasteiger partial charge in [-0.3, -0.25) is 9.69 Å². The highest BCUT2D eigenvalue weighted by Gasteiger charge is 2.14. The lowest BCUT2D eigenvalue weighted by molar-refractivity contribution is -0.146. The summed E-state index contributed by atoms with van der Waals surface area (Å²) in [6, 6.07) is 0. The SMILES string of the molecule is CCN(CC)CCOC(=O)CN1CCOCC1. The molecule has 5 nitrogen and oxygen atoms in total. The van der Waals surface area contributed by atoms with E-state index in [-0.39, 0.29) is 5.97 Å². The van der Waals surface area contributed by atoms with E-state index in [1.807, 2.05) is 0 Å². The number of nitrogens with zero attached hydrogens (tertiary/aromatic N) is 2. The molecule has 1 aliphatic rings.